The summed E-state index contributed by atoms with van der Waals surface area (Å²) in [5.74, 6) is 5.73. The van der Waals surface area contributed by atoms with E-state index in [1.807, 2.05) is 147 Å². The number of nitrogens with zero attached hydrogens (tertiary/aromatic N) is 5. The smallest absolute Gasteiger partial charge is 0.229 e. The van der Waals surface area contributed by atoms with Crippen molar-refractivity contribution in [1.82, 2.24) is 30.2 Å². The van der Waals surface area contributed by atoms with E-state index in [2.05, 4.69) is 68.5 Å². The topological polar surface area (TPSA) is 161 Å². The lowest BCUT2D eigenvalue weighted by Crippen LogP contribution is -2.27. The Kier molecular flexibility index (Phi) is 19.6. The van der Waals surface area contributed by atoms with Crippen molar-refractivity contribution in [2.45, 2.75) is 34.2 Å². The molecule has 15 heteroatoms. The molecule has 0 saturated carbocycles. The van der Waals surface area contributed by atoms with Crippen molar-refractivity contribution < 1.29 is 23.7 Å². The van der Waals surface area contributed by atoms with Crippen molar-refractivity contribution >= 4 is 46.3 Å². The van der Waals surface area contributed by atoms with Gasteiger partial charge in [-0.3, -0.25) is 0 Å². The molecule has 2 aromatic heterocycles. The average Bonchev–Trinajstić information content (AvgIpc) is 3.44. The van der Waals surface area contributed by atoms with Gasteiger partial charge in [0.1, 0.15) is 53.6 Å². The monoisotopic (exact) mass is 983 g/mol. The molecule has 0 fully saturated rings. The lowest BCUT2D eigenvalue weighted by molar-refractivity contribution is 0.223. The molecule has 0 saturated heterocycles. The van der Waals surface area contributed by atoms with Crippen LogP contribution in [0.1, 0.15) is 33.3 Å². The van der Waals surface area contributed by atoms with Gasteiger partial charge in [0.25, 0.3) is 0 Å². The summed E-state index contributed by atoms with van der Waals surface area (Å²) in [4.78, 5) is 21.6. The Bertz CT molecular complexity index is 2950. The first kappa shape index (κ1) is 52.4. The van der Waals surface area contributed by atoms with Crippen LogP contribution in [0.25, 0.3) is 22.3 Å². The summed E-state index contributed by atoms with van der Waals surface area (Å²) < 4.78 is 29.0. The van der Waals surface area contributed by atoms with E-state index in [0.717, 1.165) is 81.7 Å². The van der Waals surface area contributed by atoms with Crippen molar-refractivity contribution in [2.75, 3.05) is 82.0 Å². The maximum atomic E-state index is 6.11. The minimum Gasteiger partial charge on any atom is -0.496 e. The normalized spacial score (nSPS) is 10.7. The molecule has 0 amide bonds. The number of nitrogens with one attached hydrogen (secondary N) is 5. The van der Waals surface area contributed by atoms with Gasteiger partial charge in [0, 0.05) is 60.1 Å². The SMILES string of the molecule is CC.CCN(CC)CCOc1ccc(Nc2ncc(-c3cccc(CNCCOc4ccc(Nc5ncc(-c6ccccc6OC)c(Nc6ccccc6OC)n5)cc4)c3)c(Nc3ccccc3OC)n2)cc1. The zero-order valence-corrected chi connectivity index (χ0v) is 42.7. The average molecular weight is 983 g/mol. The molecule has 2 heterocycles. The maximum Gasteiger partial charge on any atom is 0.229 e. The number of rotatable bonds is 25. The van der Waals surface area contributed by atoms with Gasteiger partial charge in [0.2, 0.25) is 11.9 Å². The van der Waals surface area contributed by atoms with E-state index < -0.39 is 0 Å². The first-order valence-electron chi connectivity index (χ1n) is 24.6. The van der Waals surface area contributed by atoms with Crippen LogP contribution in [0.15, 0.2) is 158 Å². The van der Waals surface area contributed by atoms with Gasteiger partial charge in [-0.1, -0.05) is 88.4 Å². The van der Waals surface area contributed by atoms with E-state index in [4.69, 9.17) is 38.6 Å². The van der Waals surface area contributed by atoms with Crippen molar-refractivity contribution in [2.24, 2.45) is 0 Å². The van der Waals surface area contributed by atoms with E-state index in [1.165, 1.54) is 0 Å². The second kappa shape index (κ2) is 27.3. The van der Waals surface area contributed by atoms with Gasteiger partial charge >= 0.3 is 0 Å². The lowest BCUT2D eigenvalue weighted by atomic mass is 10.0. The van der Waals surface area contributed by atoms with Crippen LogP contribution in [-0.2, 0) is 6.54 Å². The summed E-state index contributed by atoms with van der Waals surface area (Å²) >= 11 is 0. The number of methoxy groups -OCH3 is 3. The van der Waals surface area contributed by atoms with E-state index in [0.29, 0.717) is 67.1 Å². The Morgan fingerprint density at radius 2 is 1.00 bits per heavy atom. The van der Waals surface area contributed by atoms with Gasteiger partial charge in [-0.05, 0) is 109 Å². The second-order valence-electron chi connectivity index (χ2n) is 16.2. The number of aromatic nitrogens is 4. The van der Waals surface area contributed by atoms with Crippen LogP contribution in [0.2, 0.25) is 0 Å². The van der Waals surface area contributed by atoms with Gasteiger partial charge < -0.3 is 55.2 Å². The molecule has 8 aromatic rings. The molecule has 73 heavy (non-hydrogen) atoms. The van der Waals surface area contributed by atoms with Crippen LogP contribution in [-0.4, -0.2) is 85.6 Å². The zero-order valence-electron chi connectivity index (χ0n) is 42.7. The zero-order chi connectivity index (χ0) is 51.2. The van der Waals surface area contributed by atoms with E-state index in [9.17, 15) is 0 Å². The largest absolute Gasteiger partial charge is 0.496 e. The molecule has 0 spiro atoms. The second-order valence-corrected chi connectivity index (χ2v) is 16.2. The van der Waals surface area contributed by atoms with Crippen LogP contribution in [0, 0.1) is 0 Å². The van der Waals surface area contributed by atoms with Crippen molar-refractivity contribution in [1.29, 1.82) is 0 Å². The molecule has 0 atom stereocenters. The third-order valence-electron chi connectivity index (χ3n) is 11.6. The van der Waals surface area contributed by atoms with Crippen LogP contribution in [0.4, 0.5) is 46.3 Å². The Morgan fingerprint density at radius 1 is 0.493 bits per heavy atom. The van der Waals surface area contributed by atoms with Crippen LogP contribution >= 0.6 is 0 Å². The molecule has 378 valence electrons. The highest BCUT2D eigenvalue weighted by Crippen LogP contribution is 2.38. The fourth-order valence-electron chi connectivity index (χ4n) is 7.78. The number of likely N-dealkylation sites (N-methyl/N-ethyl adjacent to an activating group) is 1. The van der Waals surface area contributed by atoms with Gasteiger partial charge in [0.15, 0.2) is 0 Å². The Labute approximate surface area is 429 Å². The molecule has 0 aliphatic heterocycles. The minimum atomic E-state index is 0.415. The molecule has 0 aliphatic rings. The highest BCUT2D eigenvalue weighted by molar-refractivity contribution is 5.84. The first-order valence-corrected chi connectivity index (χ1v) is 24.6. The number of para-hydroxylation sites is 5. The number of benzene rings is 6. The van der Waals surface area contributed by atoms with Crippen LogP contribution in [0.5, 0.6) is 28.7 Å². The number of hydrogen-bond acceptors (Lipinski definition) is 15. The van der Waals surface area contributed by atoms with E-state index in [-0.39, 0.29) is 0 Å². The molecule has 5 N–H and O–H groups in total. The molecule has 15 nitrogen and oxygen atoms in total. The molecule has 0 unspecified atom stereocenters. The fraction of sp³-hybridized carbons (Fsp3) is 0.241. The first-order chi connectivity index (χ1) is 35.9. The van der Waals surface area contributed by atoms with Gasteiger partial charge in [-0.15, -0.1) is 0 Å². The fourth-order valence-corrected chi connectivity index (χ4v) is 7.78. The molecule has 8 rings (SSSR count). The summed E-state index contributed by atoms with van der Waals surface area (Å²) in [6.07, 6.45) is 3.62. The lowest BCUT2D eigenvalue weighted by Gasteiger charge is -2.18. The standard InChI is InChI=1S/C56H60N10O5.C2H6/c1-6-66(7-2)32-34-71-44-29-25-42(26-30-44)60-55-58-37-46(53(64-55)62-48-18-9-12-21-51(48)68-4)40-16-14-15-39(35-40)36-57-31-33-70-43-27-23-41(24-28-43)61-56-59-38-47(45-17-8-11-20-50(45)67-3)54(65-56)63-49-19-10-13-22-52(49)69-5;1-2/h8-30,35,37-38,57H,6-7,31-34,36H2,1-5H3,(H2,58,60,62,64)(H2,59,61,63,65);1-2H3. The summed E-state index contributed by atoms with van der Waals surface area (Å²) in [7, 11) is 4.94. The maximum absolute atomic E-state index is 6.11. The Hall–Kier alpha value is -8.40. The molecular formula is C58H66N10O5. The van der Waals surface area contributed by atoms with Crippen molar-refractivity contribution in [3.8, 4) is 51.0 Å². The minimum absolute atomic E-state index is 0.415. The van der Waals surface area contributed by atoms with E-state index in [1.54, 1.807) is 27.5 Å². The van der Waals surface area contributed by atoms with Crippen molar-refractivity contribution in [3.05, 3.63) is 164 Å². The molecular weight excluding hydrogens is 917 g/mol. The van der Waals surface area contributed by atoms with Crippen LogP contribution in [0.3, 0.4) is 0 Å². The summed E-state index contributed by atoms with van der Waals surface area (Å²) in [5.41, 5.74) is 7.73. The third kappa shape index (κ3) is 14.6. The Morgan fingerprint density at radius 3 is 1.56 bits per heavy atom. The molecule has 6 aromatic carbocycles. The number of hydrogen-bond donors (Lipinski definition) is 5. The number of ether oxygens (including phenoxy) is 5. The highest BCUT2D eigenvalue weighted by atomic mass is 16.5. The summed E-state index contributed by atoms with van der Waals surface area (Å²) in [5, 5.41) is 17.2. The summed E-state index contributed by atoms with van der Waals surface area (Å²) in [6.45, 7) is 13.6. The molecule has 0 aliphatic carbocycles. The summed E-state index contributed by atoms with van der Waals surface area (Å²) in [6, 6.07) is 47.1. The van der Waals surface area contributed by atoms with Crippen LogP contribution < -0.4 is 50.3 Å². The van der Waals surface area contributed by atoms with Gasteiger partial charge in [-0.2, -0.15) is 9.97 Å². The third-order valence-corrected chi connectivity index (χ3v) is 11.6. The van der Waals surface area contributed by atoms with Gasteiger partial charge in [-0.25, -0.2) is 9.97 Å². The quantitative estimate of drug-likeness (QED) is 0.0344. The van der Waals surface area contributed by atoms with Gasteiger partial charge in [0.05, 0.1) is 32.7 Å². The number of anilines is 8. The molecule has 0 bridgehead atoms. The highest BCUT2D eigenvalue weighted by Gasteiger charge is 2.17. The Balaban J connectivity index is 0.00000385. The predicted octanol–water partition coefficient (Wildman–Crippen LogP) is 12.5. The molecule has 0 radical (unpaired) electrons. The predicted molar refractivity (Wildman–Crippen MR) is 295 cm³/mol. The van der Waals surface area contributed by atoms with Crippen molar-refractivity contribution in [3.63, 3.8) is 0 Å². The van der Waals surface area contributed by atoms with E-state index >= 15 is 0 Å².